The molecule has 24 heavy (non-hydrogen) atoms. The topological polar surface area (TPSA) is 68.0 Å². The maximum Gasteiger partial charge on any atom is 0.200 e. The van der Waals surface area contributed by atoms with E-state index in [-0.39, 0.29) is 6.04 Å². The molecule has 1 aromatic carbocycles. The van der Waals surface area contributed by atoms with E-state index >= 15 is 0 Å². The van der Waals surface area contributed by atoms with Crippen LogP contribution in [0.3, 0.4) is 0 Å². The van der Waals surface area contributed by atoms with E-state index in [0.717, 1.165) is 12.2 Å². The van der Waals surface area contributed by atoms with Crippen molar-refractivity contribution in [2.75, 3.05) is 5.32 Å². The highest BCUT2D eigenvalue weighted by Crippen LogP contribution is 2.29. The summed E-state index contributed by atoms with van der Waals surface area (Å²) in [6, 6.07) is 16.5. The van der Waals surface area contributed by atoms with Gasteiger partial charge in [-0.05, 0) is 58.5 Å². The second kappa shape index (κ2) is 6.37. The van der Waals surface area contributed by atoms with Gasteiger partial charge in [-0.15, -0.1) is 26.2 Å². The van der Waals surface area contributed by atoms with Crippen LogP contribution in [0.4, 0.5) is 5.82 Å². The molecule has 0 fully saturated rings. The molecular formula is C17H16N6S. The fourth-order valence-electron chi connectivity index (χ4n) is 2.71. The number of nitrogens with one attached hydrogen (secondary N) is 1. The van der Waals surface area contributed by atoms with Crippen molar-refractivity contribution in [1.29, 1.82) is 0 Å². The van der Waals surface area contributed by atoms with Crippen molar-refractivity contribution >= 4 is 22.8 Å². The van der Waals surface area contributed by atoms with Crippen molar-refractivity contribution in [3.63, 3.8) is 0 Å². The van der Waals surface area contributed by atoms with E-state index in [9.17, 15) is 0 Å². The molecule has 0 amide bonds. The van der Waals surface area contributed by atoms with Crippen LogP contribution < -0.4 is 5.32 Å². The average Bonchev–Trinajstić information content (AvgIpc) is 3.23. The third-order valence-corrected chi connectivity index (χ3v) is 5.03. The second-order valence-corrected chi connectivity index (χ2v) is 6.55. The summed E-state index contributed by atoms with van der Waals surface area (Å²) < 4.78 is 1.43. The molecule has 0 bridgehead atoms. The van der Waals surface area contributed by atoms with Gasteiger partial charge in [0.2, 0.25) is 0 Å². The van der Waals surface area contributed by atoms with E-state index in [4.69, 9.17) is 0 Å². The minimum Gasteiger partial charge on any atom is -0.361 e. The van der Waals surface area contributed by atoms with Crippen LogP contribution in [-0.4, -0.2) is 25.3 Å². The lowest BCUT2D eigenvalue weighted by atomic mass is 10.0. The second-order valence-electron chi connectivity index (χ2n) is 5.60. The zero-order valence-electron chi connectivity index (χ0n) is 13.1. The summed E-state index contributed by atoms with van der Waals surface area (Å²) in [5, 5.41) is 21.5. The van der Waals surface area contributed by atoms with Gasteiger partial charge in [0, 0.05) is 4.88 Å². The van der Waals surface area contributed by atoms with Crippen molar-refractivity contribution in [2.45, 2.75) is 19.4 Å². The maximum atomic E-state index is 4.43. The first kappa shape index (κ1) is 14.8. The first-order valence-corrected chi connectivity index (χ1v) is 8.57. The minimum atomic E-state index is 0.147. The van der Waals surface area contributed by atoms with Crippen LogP contribution >= 0.6 is 11.3 Å². The molecule has 3 aromatic heterocycles. The number of fused-ring (bicyclic) bond motifs is 1. The molecule has 1 unspecified atom stereocenters. The molecule has 1 N–H and O–H groups in total. The van der Waals surface area contributed by atoms with E-state index in [2.05, 4.69) is 68.6 Å². The van der Waals surface area contributed by atoms with Gasteiger partial charge in [-0.2, -0.15) is 0 Å². The Balaban J connectivity index is 1.65. The average molecular weight is 336 g/mol. The largest absolute Gasteiger partial charge is 0.361 e. The number of hydrogen-bond acceptors (Lipinski definition) is 6. The molecule has 4 rings (SSSR count). The Morgan fingerprint density at radius 1 is 1.12 bits per heavy atom. The lowest BCUT2D eigenvalue weighted by Gasteiger charge is -2.19. The predicted octanol–water partition coefficient (Wildman–Crippen LogP) is 3.29. The lowest BCUT2D eigenvalue weighted by Crippen LogP contribution is -2.15. The molecule has 6 nitrogen and oxygen atoms in total. The van der Waals surface area contributed by atoms with Crippen LogP contribution in [0.2, 0.25) is 0 Å². The molecule has 0 saturated heterocycles. The molecule has 4 aromatic rings. The number of tetrazole rings is 1. The number of nitrogens with zero attached hydrogens (tertiary/aromatic N) is 5. The van der Waals surface area contributed by atoms with Crippen molar-refractivity contribution in [2.24, 2.45) is 0 Å². The summed E-state index contributed by atoms with van der Waals surface area (Å²) in [5.41, 5.74) is 3.20. The van der Waals surface area contributed by atoms with Crippen LogP contribution in [0.5, 0.6) is 0 Å². The maximum absolute atomic E-state index is 4.43. The van der Waals surface area contributed by atoms with Crippen LogP contribution in [0.1, 0.15) is 22.0 Å². The van der Waals surface area contributed by atoms with Crippen molar-refractivity contribution in [1.82, 2.24) is 25.3 Å². The van der Waals surface area contributed by atoms with Gasteiger partial charge in [0.05, 0.1) is 6.04 Å². The van der Waals surface area contributed by atoms with Gasteiger partial charge in [0.15, 0.2) is 5.65 Å². The Kier molecular flexibility index (Phi) is 3.92. The molecule has 1 atom stereocenters. The van der Waals surface area contributed by atoms with Crippen LogP contribution in [0.25, 0.3) is 5.65 Å². The zero-order valence-corrected chi connectivity index (χ0v) is 13.9. The Labute approximate surface area is 143 Å². The van der Waals surface area contributed by atoms with Crippen LogP contribution in [0, 0.1) is 6.92 Å². The smallest absolute Gasteiger partial charge is 0.200 e. The van der Waals surface area contributed by atoms with Crippen molar-refractivity contribution < 1.29 is 0 Å². The zero-order chi connectivity index (χ0) is 16.4. The third-order valence-electron chi connectivity index (χ3n) is 3.89. The van der Waals surface area contributed by atoms with E-state index in [1.54, 1.807) is 11.3 Å². The summed E-state index contributed by atoms with van der Waals surface area (Å²) in [7, 11) is 0. The summed E-state index contributed by atoms with van der Waals surface area (Å²) in [5.74, 6) is 0.753. The molecule has 0 aliphatic carbocycles. The number of thiophene rings is 1. The molecule has 7 heteroatoms. The van der Waals surface area contributed by atoms with Crippen LogP contribution in [-0.2, 0) is 6.42 Å². The number of rotatable bonds is 5. The highest BCUT2D eigenvalue weighted by Gasteiger charge is 2.17. The monoisotopic (exact) mass is 336 g/mol. The van der Waals surface area contributed by atoms with E-state index in [1.807, 2.05) is 18.2 Å². The van der Waals surface area contributed by atoms with E-state index in [0.29, 0.717) is 5.65 Å². The molecule has 0 aliphatic heterocycles. The Morgan fingerprint density at radius 3 is 2.79 bits per heavy atom. The Hall–Kier alpha value is -2.80. The quantitative estimate of drug-likeness (QED) is 0.606. The highest BCUT2D eigenvalue weighted by molar-refractivity contribution is 7.10. The third kappa shape index (κ3) is 2.98. The number of aromatic nitrogens is 5. The first-order chi connectivity index (χ1) is 11.8. The number of aryl methyl sites for hydroxylation is 1. The van der Waals surface area contributed by atoms with Gasteiger partial charge in [0.25, 0.3) is 0 Å². The standard InChI is InChI=1S/C17H16N6S/c1-12-9-10-24-17(12)14(11-13-5-3-2-4-6-13)18-15-7-8-16-19-21-22-23(16)20-15/h2-10,14H,11H2,1H3,(H,18,20). The van der Waals surface area contributed by atoms with Gasteiger partial charge in [0.1, 0.15) is 5.82 Å². The van der Waals surface area contributed by atoms with E-state index < -0.39 is 0 Å². The fourth-order valence-corrected chi connectivity index (χ4v) is 3.68. The summed E-state index contributed by atoms with van der Waals surface area (Å²) >= 11 is 1.76. The Morgan fingerprint density at radius 2 is 2.00 bits per heavy atom. The Bertz CT molecular complexity index is 946. The van der Waals surface area contributed by atoms with Gasteiger partial charge in [-0.25, -0.2) is 0 Å². The molecule has 3 heterocycles. The molecule has 0 radical (unpaired) electrons. The fraction of sp³-hybridized carbons (Fsp3) is 0.176. The van der Waals surface area contributed by atoms with Crippen molar-refractivity contribution in [3.05, 3.63) is 69.9 Å². The van der Waals surface area contributed by atoms with Gasteiger partial charge in [-0.3, -0.25) is 0 Å². The predicted molar refractivity (Wildman–Crippen MR) is 94.1 cm³/mol. The van der Waals surface area contributed by atoms with Crippen LogP contribution in [0.15, 0.2) is 53.9 Å². The number of hydrogen-bond donors (Lipinski definition) is 1. The highest BCUT2D eigenvalue weighted by atomic mass is 32.1. The van der Waals surface area contributed by atoms with Crippen molar-refractivity contribution in [3.8, 4) is 0 Å². The molecule has 0 aliphatic rings. The molecule has 120 valence electrons. The molecule has 0 spiro atoms. The van der Waals surface area contributed by atoms with Gasteiger partial charge < -0.3 is 5.32 Å². The number of benzene rings is 1. The lowest BCUT2D eigenvalue weighted by molar-refractivity contribution is 0.718. The van der Waals surface area contributed by atoms with E-state index in [1.165, 1.54) is 20.6 Å². The summed E-state index contributed by atoms with van der Waals surface area (Å²) in [6.45, 7) is 2.14. The summed E-state index contributed by atoms with van der Waals surface area (Å²) in [4.78, 5) is 1.32. The molecule has 0 saturated carbocycles. The minimum absolute atomic E-state index is 0.147. The first-order valence-electron chi connectivity index (χ1n) is 7.69. The van der Waals surface area contributed by atoms with Gasteiger partial charge >= 0.3 is 0 Å². The van der Waals surface area contributed by atoms with Gasteiger partial charge in [-0.1, -0.05) is 30.3 Å². The SMILES string of the molecule is Cc1ccsc1C(Cc1ccccc1)Nc1ccc2nnnn2n1. The number of anilines is 1. The normalized spacial score (nSPS) is 12.4. The summed E-state index contributed by atoms with van der Waals surface area (Å²) in [6.07, 6.45) is 0.886. The molecular weight excluding hydrogens is 320 g/mol.